The van der Waals surface area contributed by atoms with Gasteiger partial charge < -0.3 is 4.74 Å². The normalized spacial score (nSPS) is 14.9. The van der Waals surface area contributed by atoms with Gasteiger partial charge in [0, 0.05) is 11.8 Å². The highest BCUT2D eigenvalue weighted by Crippen LogP contribution is 2.27. The number of nitrogens with zero attached hydrogens (tertiary/aromatic N) is 1. The molecule has 1 fully saturated rings. The van der Waals surface area contributed by atoms with Gasteiger partial charge in [0.15, 0.2) is 0 Å². The van der Waals surface area contributed by atoms with E-state index < -0.39 is 0 Å². The minimum atomic E-state index is 0.600. The molecule has 0 N–H and O–H groups in total. The fourth-order valence-corrected chi connectivity index (χ4v) is 5.90. The van der Waals surface area contributed by atoms with Crippen molar-refractivity contribution in [3.05, 3.63) is 88.5 Å². The highest BCUT2D eigenvalue weighted by atomic mass is 31.1. The van der Waals surface area contributed by atoms with E-state index in [-0.39, 0.29) is 0 Å². The molecule has 31 heavy (non-hydrogen) atoms. The van der Waals surface area contributed by atoms with Gasteiger partial charge in [0.05, 0.1) is 0 Å². The van der Waals surface area contributed by atoms with E-state index in [0.717, 1.165) is 12.3 Å². The number of aryl methyl sites for hydroxylation is 3. The van der Waals surface area contributed by atoms with Gasteiger partial charge in [0.1, 0.15) is 12.4 Å². The summed E-state index contributed by atoms with van der Waals surface area (Å²) in [5.74, 6) is 1.05. The lowest BCUT2D eigenvalue weighted by molar-refractivity contribution is 0.221. The molecule has 162 valence electrons. The first-order valence-corrected chi connectivity index (χ1v) is 12.5. The van der Waals surface area contributed by atoms with E-state index in [1.165, 1.54) is 70.8 Å². The van der Waals surface area contributed by atoms with Crippen molar-refractivity contribution in [1.29, 1.82) is 0 Å². The van der Waals surface area contributed by atoms with E-state index >= 15 is 0 Å². The highest BCUT2D eigenvalue weighted by molar-refractivity contribution is 7.55. The van der Waals surface area contributed by atoms with Crippen molar-refractivity contribution in [1.82, 2.24) is 4.90 Å². The van der Waals surface area contributed by atoms with Crippen LogP contribution in [0.1, 0.15) is 47.1 Å². The van der Waals surface area contributed by atoms with Gasteiger partial charge in [-0.15, -0.1) is 0 Å². The van der Waals surface area contributed by atoms with Crippen molar-refractivity contribution in [3.63, 3.8) is 0 Å². The molecular formula is C28H34NOP. The third-order valence-corrected chi connectivity index (χ3v) is 7.42. The molecule has 1 atom stereocenters. The van der Waals surface area contributed by atoms with Crippen molar-refractivity contribution < 1.29 is 4.74 Å². The SMILES string of the molecule is Cc1ccc(Pc2cc(C)cc(C)c2OCc2ccccc2)c(CN2CCCCC2)c1. The summed E-state index contributed by atoms with van der Waals surface area (Å²) in [6, 6.07) is 22.0. The summed E-state index contributed by atoms with van der Waals surface area (Å²) < 4.78 is 6.39. The summed E-state index contributed by atoms with van der Waals surface area (Å²) in [4.78, 5) is 2.63. The lowest BCUT2D eigenvalue weighted by Gasteiger charge is -2.27. The van der Waals surface area contributed by atoms with Crippen LogP contribution in [0.25, 0.3) is 0 Å². The molecule has 4 rings (SSSR count). The van der Waals surface area contributed by atoms with Gasteiger partial charge in [0.25, 0.3) is 0 Å². The van der Waals surface area contributed by atoms with Crippen molar-refractivity contribution in [3.8, 4) is 5.75 Å². The van der Waals surface area contributed by atoms with Crippen LogP contribution in [-0.4, -0.2) is 18.0 Å². The Hall–Kier alpha value is -2.15. The van der Waals surface area contributed by atoms with Gasteiger partial charge in [-0.25, -0.2) is 0 Å². The first-order chi connectivity index (χ1) is 15.1. The Balaban J connectivity index is 1.59. The van der Waals surface area contributed by atoms with Gasteiger partial charge in [-0.2, -0.15) is 0 Å². The molecule has 3 aromatic rings. The zero-order valence-corrected chi connectivity index (χ0v) is 20.1. The molecule has 2 nitrogen and oxygen atoms in total. The number of likely N-dealkylation sites (tertiary alicyclic amines) is 1. The fourth-order valence-electron chi connectivity index (χ4n) is 4.45. The predicted molar refractivity (Wildman–Crippen MR) is 135 cm³/mol. The van der Waals surface area contributed by atoms with Crippen LogP contribution in [0, 0.1) is 20.8 Å². The van der Waals surface area contributed by atoms with Gasteiger partial charge in [-0.1, -0.05) is 75.2 Å². The van der Waals surface area contributed by atoms with Gasteiger partial charge in [0.2, 0.25) is 0 Å². The topological polar surface area (TPSA) is 12.5 Å². The Morgan fingerprint density at radius 1 is 0.806 bits per heavy atom. The van der Waals surface area contributed by atoms with Crippen LogP contribution in [0.2, 0.25) is 0 Å². The largest absolute Gasteiger partial charge is 0.488 e. The second-order valence-electron chi connectivity index (χ2n) is 8.86. The first kappa shape index (κ1) is 22.1. The summed E-state index contributed by atoms with van der Waals surface area (Å²) in [6.45, 7) is 10.7. The average Bonchev–Trinajstić information content (AvgIpc) is 2.76. The standard InChI is InChI=1S/C28H34NOP/c1-21-12-13-26(25(17-21)19-29-14-8-5-9-15-29)31-27-18-22(2)16-23(3)28(27)30-20-24-10-6-4-7-11-24/h4,6-7,10-13,16-18,31H,5,8-9,14-15,19-20H2,1-3H3. The third-order valence-electron chi connectivity index (χ3n) is 6.02. The quantitative estimate of drug-likeness (QED) is 0.438. The summed E-state index contributed by atoms with van der Waals surface area (Å²) >= 11 is 0. The second kappa shape index (κ2) is 10.4. The van der Waals surface area contributed by atoms with Crippen LogP contribution in [0.4, 0.5) is 0 Å². The zero-order chi connectivity index (χ0) is 21.6. The van der Waals surface area contributed by atoms with Crippen molar-refractivity contribution in [2.24, 2.45) is 0 Å². The van der Waals surface area contributed by atoms with E-state index in [2.05, 4.69) is 86.3 Å². The van der Waals surface area contributed by atoms with Crippen LogP contribution in [0.15, 0.2) is 60.7 Å². The molecule has 3 heteroatoms. The Kier molecular flexibility index (Phi) is 7.43. The lowest BCUT2D eigenvalue weighted by atomic mass is 10.1. The van der Waals surface area contributed by atoms with Crippen LogP contribution >= 0.6 is 8.58 Å². The maximum absolute atomic E-state index is 6.39. The zero-order valence-electron chi connectivity index (χ0n) is 19.1. The van der Waals surface area contributed by atoms with E-state index in [9.17, 15) is 0 Å². The second-order valence-corrected chi connectivity index (χ2v) is 10.2. The molecule has 0 bridgehead atoms. The molecule has 0 aromatic heterocycles. The van der Waals surface area contributed by atoms with Crippen LogP contribution in [0.5, 0.6) is 5.75 Å². The maximum atomic E-state index is 6.39. The maximum Gasteiger partial charge on any atom is 0.130 e. The number of ether oxygens (including phenoxy) is 1. The molecule has 1 aliphatic heterocycles. The fraction of sp³-hybridized carbons (Fsp3) is 0.357. The summed E-state index contributed by atoms with van der Waals surface area (Å²) in [5.41, 5.74) is 6.56. The molecule has 3 aromatic carbocycles. The number of rotatable bonds is 7. The Morgan fingerprint density at radius 3 is 2.35 bits per heavy atom. The number of piperidine rings is 1. The summed E-state index contributed by atoms with van der Waals surface area (Å²) in [5, 5.41) is 2.77. The van der Waals surface area contributed by atoms with Crippen LogP contribution < -0.4 is 15.3 Å². The van der Waals surface area contributed by atoms with E-state index in [4.69, 9.17) is 4.74 Å². The molecule has 1 heterocycles. The molecular weight excluding hydrogens is 397 g/mol. The Bertz CT molecular complexity index is 1010. The van der Waals surface area contributed by atoms with Crippen molar-refractivity contribution in [2.45, 2.75) is 53.2 Å². The molecule has 0 spiro atoms. The lowest BCUT2D eigenvalue weighted by Crippen LogP contribution is -2.30. The van der Waals surface area contributed by atoms with Crippen LogP contribution in [-0.2, 0) is 13.2 Å². The minimum Gasteiger partial charge on any atom is -0.488 e. The molecule has 0 amide bonds. The smallest absolute Gasteiger partial charge is 0.130 e. The Labute approximate surface area is 189 Å². The molecule has 1 saturated heterocycles. The summed E-state index contributed by atoms with van der Waals surface area (Å²) in [7, 11) is 0.600. The number of benzene rings is 3. The number of hydrogen-bond acceptors (Lipinski definition) is 2. The van der Waals surface area contributed by atoms with Gasteiger partial charge in [-0.3, -0.25) is 4.90 Å². The third kappa shape index (κ3) is 5.97. The first-order valence-electron chi connectivity index (χ1n) is 11.5. The van der Waals surface area contributed by atoms with E-state index in [1.807, 2.05) is 0 Å². The molecule has 1 unspecified atom stereocenters. The van der Waals surface area contributed by atoms with E-state index in [1.54, 1.807) is 0 Å². The highest BCUT2D eigenvalue weighted by Gasteiger charge is 2.16. The molecule has 0 aliphatic carbocycles. The van der Waals surface area contributed by atoms with Crippen LogP contribution in [0.3, 0.4) is 0 Å². The Morgan fingerprint density at radius 2 is 1.58 bits per heavy atom. The minimum absolute atomic E-state index is 0.600. The van der Waals surface area contributed by atoms with Crippen molar-refractivity contribution in [2.75, 3.05) is 13.1 Å². The van der Waals surface area contributed by atoms with Crippen molar-refractivity contribution >= 4 is 19.2 Å². The molecule has 1 aliphatic rings. The molecule has 0 saturated carbocycles. The number of hydrogen-bond donors (Lipinski definition) is 0. The molecule has 0 radical (unpaired) electrons. The monoisotopic (exact) mass is 431 g/mol. The van der Waals surface area contributed by atoms with Gasteiger partial charge >= 0.3 is 0 Å². The summed E-state index contributed by atoms with van der Waals surface area (Å²) in [6.07, 6.45) is 4.04. The predicted octanol–water partition coefficient (Wildman–Crippen LogP) is 5.81. The van der Waals surface area contributed by atoms with E-state index in [0.29, 0.717) is 15.2 Å². The van der Waals surface area contributed by atoms with Gasteiger partial charge in [-0.05, 0) is 80.3 Å². The average molecular weight is 432 g/mol.